The fourth-order valence-electron chi connectivity index (χ4n) is 8.52. The van der Waals surface area contributed by atoms with Gasteiger partial charge < -0.3 is 10.2 Å². The number of aliphatic hydroxyl groups excluding tert-OH is 2. The topological polar surface area (TPSA) is 40.5 Å². The molecule has 0 aromatic rings. The third-order valence-electron chi connectivity index (χ3n) is 11.1. The maximum absolute atomic E-state index is 11.1. The summed E-state index contributed by atoms with van der Waals surface area (Å²) >= 11 is 0. The summed E-state index contributed by atoms with van der Waals surface area (Å²) in [6.07, 6.45) is 23.3. The maximum atomic E-state index is 11.1. The third kappa shape index (κ3) is 9.91. The highest BCUT2D eigenvalue weighted by Gasteiger charge is 2.32. The molecule has 3 aliphatic rings. The van der Waals surface area contributed by atoms with Gasteiger partial charge in [0, 0.05) is 0 Å². The third-order valence-corrected chi connectivity index (χ3v) is 11.1. The van der Waals surface area contributed by atoms with E-state index in [1.54, 1.807) is 0 Å². The van der Waals surface area contributed by atoms with Crippen LogP contribution in [0.15, 0.2) is 0 Å². The molecule has 0 aromatic heterocycles. The molecule has 0 amide bonds. The Morgan fingerprint density at radius 1 is 0.639 bits per heavy atom. The molecule has 0 heterocycles. The zero-order chi connectivity index (χ0) is 26.1. The Hall–Kier alpha value is -0.0800. The van der Waals surface area contributed by atoms with Crippen molar-refractivity contribution in [3.63, 3.8) is 0 Å². The van der Waals surface area contributed by atoms with Crippen LogP contribution in [0.2, 0.25) is 0 Å². The van der Waals surface area contributed by atoms with Crippen molar-refractivity contribution in [1.29, 1.82) is 0 Å². The van der Waals surface area contributed by atoms with Gasteiger partial charge in [-0.1, -0.05) is 98.8 Å². The molecular weight excluding hydrogens is 440 g/mol. The van der Waals surface area contributed by atoms with E-state index in [0.29, 0.717) is 23.7 Å². The molecule has 0 spiro atoms. The first-order valence-corrected chi connectivity index (χ1v) is 16.6. The molecule has 3 saturated carbocycles. The summed E-state index contributed by atoms with van der Waals surface area (Å²) in [5.41, 5.74) is 0. The van der Waals surface area contributed by atoms with Crippen LogP contribution in [-0.2, 0) is 0 Å². The fraction of sp³-hybridized carbons (Fsp3) is 1.00. The monoisotopic (exact) mass is 504 g/mol. The minimum absolute atomic E-state index is 0.128. The van der Waals surface area contributed by atoms with Gasteiger partial charge in [0.2, 0.25) is 0 Å². The second kappa shape index (κ2) is 15.5. The summed E-state index contributed by atoms with van der Waals surface area (Å²) in [5.74, 6) is 6.44. The summed E-state index contributed by atoms with van der Waals surface area (Å²) in [7, 11) is 0. The van der Waals surface area contributed by atoms with E-state index in [4.69, 9.17) is 0 Å². The van der Waals surface area contributed by atoms with Gasteiger partial charge in [0.05, 0.1) is 12.2 Å². The zero-order valence-corrected chi connectivity index (χ0v) is 25.0. The molecule has 3 aliphatic carbocycles. The van der Waals surface area contributed by atoms with Gasteiger partial charge in [0.15, 0.2) is 0 Å². The molecule has 2 heteroatoms. The Kier molecular flexibility index (Phi) is 13.1. The van der Waals surface area contributed by atoms with Crippen LogP contribution in [-0.4, -0.2) is 22.4 Å². The Labute approximate surface area is 225 Å². The summed E-state index contributed by atoms with van der Waals surface area (Å²) in [6.45, 7) is 11.7. The van der Waals surface area contributed by atoms with E-state index in [1.165, 1.54) is 89.9 Å². The van der Waals surface area contributed by atoms with E-state index in [9.17, 15) is 10.2 Å². The predicted molar refractivity (Wildman–Crippen MR) is 155 cm³/mol. The quantitative estimate of drug-likeness (QED) is 0.262. The van der Waals surface area contributed by atoms with Gasteiger partial charge in [-0.15, -0.1) is 0 Å². The van der Waals surface area contributed by atoms with E-state index in [2.05, 4.69) is 34.6 Å². The SMILES string of the molecule is CC(C)CC1CCC([C@@H](O)C[C@H](CC[C@H](C)C(O)CC2CCCC(C3CCCCC3)C2)C(C)C)CC1. The van der Waals surface area contributed by atoms with Crippen LogP contribution in [0.5, 0.6) is 0 Å². The Morgan fingerprint density at radius 2 is 1.31 bits per heavy atom. The van der Waals surface area contributed by atoms with Gasteiger partial charge >= 0.3 is 0 Å². The first-order chi connectivity index (χ1) is 17.2. The number of hydrogen-bond donors (Lipinski definition) is 2. The largest absolute Gasteiger partial charge is 0.393 e. The van der Waals surface area contributed by atoms with E-state index in [-0.39, 0.29) is 12.2 Å². The maximum Gasteiger partial charge on any atom is 0.0571 e. The molecule has 6 atom stereocenters. The number of aliphatic hydroxyl groups is 2. The van der Waals surface area contributed by atoms with E-state index >= 15 is 0 Å². The Balaban J connectivity index is 1.39. The molecule has 2 nitrogen and oxygen atoms in total. The van der Waals surface area contributed by atoms with Crippen molar-refractivity contribution in [2.45, 2.75) is 162 Å². The highest BCUT2D eigenvalue weighted by Crippen LogP contribution is 2.42. The molecule has 2 N–H and O–H groups in total. The standard InChI is InChI=1S/C34H64O2/c1-24(2)20-27-15-18-30(19-16-27)34(36)23-31(25(3)4)17-14-26(5)33(35)22-28-10-9-13-32(21-28)29-11-7-6-8-12-29/h24-36H,6-23H2,1-5H3/t26-,27?,28?,30?,31-,32?,33?,34-/m0/s1. The van der Waals surface area contributed by atoms with Crippen molar-refractivity contribution < 1.29 is 10.2 Å². The molecule has 0 saturated heterocycles. The normalized spacial score (nSPS) is 31.9. The lowest BCUT2D eigenvalue weighted by Gasteiger charge is -2.38. The van der Waals surface area contributed by atoms with Crippen LogP contribution in [0.25, 0.3) is 0 Å². The zero-order valence-electron chi connectivity index (χ0n) is 25.0. The molecule has 3 fully saturated rings. The molecule has 0 radical (unpaired) electrons. The van der Waals surface area contributed by atoms with Gasteiger partial charge in [-0.05, 0) is 105 Å². The summed E-state index contributed by atoms with van der Waals surface area (Å²) in [4.78, 5) is 0. The molecule has 3 unspecified atom stereocenters. The lowest BCUT2D eigenvalue weighted by Crippen LogP contribution is -2.30. The van der Waals surface area contributed by atoms with E-state index < -0.39 is 0 Å². The van der Waals surface area contributed by atoms with Gasteiger partial charge in [-0.3, -0.25) is 0 Å². The average molecular weight is 505 g/mol. The second-order valence-corrected chi connectivity index (χ2v) is 14.8. The number of hydrogen-bond acceptors (Lipinski definition) is 2. The first-order valence-electron chi connectivity index (χ1n) is 16.6. The molecule has 0 aliphatic heterocycles. The van der Waals surface area contributed by atoms with Crippen molar-refractivity contribution in [2.75, 3.05) is 0 Å². The van der Waals surface area contributed by atoms with Gasteiger partial charge in [0.1, 0.15) is 0 Å². The lowest BCUT2D eigenvalue weighted by molar-refractivity contribution is 0.0363. The van der Waals surface area contributed by atoms with Gasteiger partial charge in [0.25, 0.3) is 0 Å². The van der Waals surface area contributed by atoms with Crippen molar-refractivity contribution in [3.05, 3.63) is 0 Å². The molecule has 212 valence electrons. The minimum Gasteiger partial charge on any atom is -0.393 e. The van der Waals surface area contributed by atoms with E-state index in [0.717, 1.165) is 55.3 Å². The Bertz CT molecular complexity index is 572. The van der Waals surface area contributed by atoms with Crippen LogP contribution in [0.3, 0.4) is 0 Å². The van der Waals surface area contributed by atoms with Gasteiger partial charge in [-0.2, -0.15) is 0 Å². The summed E-state index contributed by atoms with van der Waals surface area (Å²) in [6, 6.07) is 0. The molecule has 3 rings (SSSR count). The van der Waals surface area contributed by atoms with E-state index in [1.807, 2.05) is 0 Å². The highest BCUT2D eigenvalue weighted by atomic mass is 16.3. The summed E-state index contributed by atoms with van der Waals surface area (Å²) < 4.78 is 0. The molecule has 0 aromatic carbocycles. The molecule has 36 heavy (non-hydrogen) atoms. The van der Waals surface area contributed by atoms with Crippen molar-refractivity contribution >= 4 is 0 Å². The van der Waals surface area contributed by atoms with Crippen LogP contribution >= 0.6 is 0 Å². The van der Waals surface area contributed by atoms with Crippen molar-refractivity contribution in [3.8, 4) is 0 Å². The minimum atomic E-state index is -0.144. The highest BCUT2D eigenvalue weighted by molar-refractivity contribution is 4.84. The second-order valence-electron chi connectivity index (χ2n) is 14.8. The average Bonchev–Trinajstić information content (AvgIpc) is 2.86. The lowest BCUT2D eigenvalue weighted by atomic mass is 9.69. The molecular formula is C34H64O2. The van der Waals surface area contributed by atoms with Crippen molar-refractivity contribution in [1.82, 2.24) is 0 Å². The fourth-order valence-corrected chi connectivity index (χ4v) is 8.52. The van der Waals surface area contributed by atoms with Crippen LogP contribution in [0.1, 0.15) is 150 Å². The van der Waals surface area contributed by atoms with Crippen LogP contribution < -0.4 is 0 Å². The number of rotatable bonds is 13. The smallest absolute Gasteiger partial charge is 0.0571 e. The van der Waals surface area contributed by atoms with Crippen molar-refractivity contribution in [2.24, 2.45) is 53.3 Å². The summed E-state index contributed by atoms with van der Waals surface area (Å²) in [5, 5.41) is 22.3. The van der Waals surface area contributed by atoms with Crippen LogP contribution in [0.4, 0.5) is 0 Å². The van der Waals surface area contributed by atoms with Crippen LogP contribution in [0, 0.1) is 53.3 Å². The first kappa shape index (κ1) is 30.5. The Morgan fingerprint density at radius 3 is 1.94 bits per heavy atom. The predicted octanol–water partition coefficient (Wildman–Crippen LogP) is 9.42. The van der Waals surface area contributed by atoms with Gasteiger partial charge in [-0.25, -0.2) is 0 Å². The molecule has 0 bridgehead atoms.